The van der Waals surface area contributed by atoms with Crippen LogP contribution in [0, 0.1) is 11.6 Å². The molecule has 0 aromatic heterocycles. The van der Waals surface area contributed by atoms with Crippen LogP contribution in [0.4, 0.5) is 14.5 Å². The average molecular weight is 377 g/mol. The molecule has 0 atom stereocenters. The van der Waals surface area contributed by atoms with Gasteiger partial charge >= 0.3 is 0 Å². The molecule has 0 heterocycles. The number of benzene rings is 2. The highest BCUT2D eigenvalue weighted by Gasteiger charge is 2.09. The van der Waals surface area contributed by atoms with E-state index in [1.807, 2.05) is 24.3 Å². The summed E-state index contributed by atoms with van der Waals surface area (Å²) >= 11 is 6.50. The third-order valence-electron chi connectivity index (χ3n) is 2.37. The minimum Gasteiger partial charge on any atom is -0.378 e. The van der Waals surface area contributed by atoms with Crippen molar-refractivity contribution in [1.29, 1.82) is 0 Å². The standard InChI is InChI=1S/C13H9Br2F2N/c14-9-3-1-2-8(4-9)7-18-13-11(15)5-10(16)6-12(13)17/h1-6,18H,7H2. The van der Waals surface area contributed by atoms with Gasteiger partial charge in [-0.3, -0.25) is 0 Å². The predicted octanol–water partition coefficient (Wildman–Crippen LogP) is 5.10. The monoisotopic (exact) mass is 375 g/mol. The second-order valence-electron chi connectivity index (χ2n) is 3.73. The molecule has 0 aliphatic rings. The molecule has 18 heavy (non-hydrogen) atoms. The van der Waals surface area contributed by atoms with Gasteiger partial charge in [-0.15, -0.1) is 0 Å². The summed E-state index contributed by atoms with van der Waals surface area (Å²) in [5.74, 6) is -1.22. The fraction of sp³-hybridized carbons (Fsp3) is 0.0769. The number of hydrogen-bond acceptors (Lipinski definition) is 1. The highest BCUT2D eigenvalue weighted by Crippen LogP contribution is 2.27. The van der Waals surface area contributed by atoms with Crippen LogP contribution in [0.25, 0.3) is 0 Å². The van der Waals surface area contributed by atoms with Gasteiger partial charge in [-0.05, 0) is 39.7 Å². The molecule has 94 valence electrons. The zero-order chi connectivity index (χ0) is 13.1. The minimum atomic E-state index is -0.614. The van der Waals surface area contributed by atoms with Crippen LogP contribution in [-0.2, 0) is 6.54 Å². The van der Waals surface area contributed by atoms with Gasteiger partial charge < -0.3 is 5.32 Å². The van der Waals surface area contributed by atoms with Crippen molar-refractivity contribution in [1.82, 2.24) is 0 Å². The lowest BCUT2D eigenvalue weighted by molar-refractivity contribution is 0.583. The molecule has 0 unspecified atom stereocenters. The van der Waals surface area contributed by atoms with Crippen molar-refractivity contribution in [3.05, 3.63) is 62.5 Å². The van der Waals surface area contributed by atoms with Gasteiger partial charge in [0.15, 0.2) is 0 Å². The topological polar surface area (TPSA) is 12.0 Å². The normalized spacial score (nSPS) is 10.4. The Kier molecular flexibility index (Phi) is 4.35. The molecule has 0 aliphatic heterocycles. The van der Waals surface area contributed by atoms with Gasteiger partial charge in [-0.1, -0.05) is 28.1 Å². The van der Waals surface area contributed by atoms with Gasteiger partial charge in [0.1, 0.15) is 11.6 Å². The Morgan fingerprint density at radius 2 is 1.83 bits per heavy atom. The maximum atomic E-state index is 13.6. The molecule has 0 saturated heterocycles. The summed E-state index contributed by atoms with van der Waals surface area (Å²) in [6.45, 7) is 0.459. The molecule has 0 aliphatic carbocycles. The van der Waals surface area contributed by atoms with Crippen LogP contribution >= 0.6 is 31.9 Å². The zero-order valence-electron chi connectivity index (χ0n) is 9.18. The lowest BCUT2D eigenvalue weighted by Gasteiger charge is -2.10. The molecule has 0 bridgehead atoms. The van der Waals surface area contributed by atoms with E-state index in [0.29, 0.717) is 11.0 Å². The van der Waals surface area contributed by atoms with E-state index < -0.39 is 11.6 Å². The summed E-state index contributed by atoms with van der Waals surface area (Å²) in [5, 5.41) is 2.94. The van der Waals surface area contributed by atoms with E-state index in [4.69, 9.17) is 0 Å². The Labute approximate surface area is 120 Å². The molecule has 2 rings (SSSR count). The van der Waals surface area contributed by atoms with Gasteiger partial charge in [0, 0.05) is 21.6 Å². The third-order valence-corrected chi connectivity index (χ3v) is 3.48. The second kappa shape index (κ2) is 5.80. The van der Waals surface area contributed by atoms with E-state index in [1.165, 1.54) is 6.07 Å². The Morgan fingerprint density at radius 1 is 1.06 bits per heavy atom. The van der Waals surface area contributed by atoms with Crippen LogP contribution < -0.4 is 5.32 Å². The van der Waals surface area contributed by atoms with Crippen LogP contribution in [0.5, 0.6) is 0 Å². The smallest absolute Gasteiger partial charge is 0.150 e. The fourth-order valence-corrected chi connectivity index (χ4v) is 2.54. The van der Waals surface area contributed by atoms with Crippen molar-refractivity contribution >= 4 is 37.5 Å². The van der Waals surface area contributed by atoms with Crippen LogP contribution in [-0.4, -0.2) is 0 Å². The summed E-state index contributed by atoms with van der Waals surface area (Å²) in [7, 11) is 0. The SMILES string of the molecule is Fc1cc(F)c(NCc2cccc(Br)c2)c(Br)c1. The van der Waals surface area contributed by atoms with Gasteiger partial charge in [0.2, 0.25) is 0 Å². The number of anilines is 1. The number of nitrogens with one attached hydrogen (secondary N) is 1. The summed E-state index contributed by atoms with van der Waals surface area (Å²) in [4.78, 5) is 0. The van der Waals surface area contributed by atoms with Crippen molar-refractivity contribution in [3.63, 3.8) is 0 Å². The number of rotatable bonds is 3. The predicted molar refractivity (Wildman–Crippen MR) is 75.5 cm³/mol. The molecular formula is C13H9Br2F2N. The molecule has 1 nitrogen and oxygen atoms in total. The van der Waals surface area contributed by atoms with Crippen molar-refractivity contribution in [3.8, 4) is 0 Å². The first-order valence-corrected chi connectivity index (χ1v) is 6.78. The quantitative estimate of drug-likeness (QED) is 0.785. The van der Waals surface area contributed by atoms with Crippen LogP contribution in [0.1, 0.15) is 5.56 Å². The van der Waals surface area contributed by atoms with Gasteiger partial charge in [-0.2, -0.15) is 0 Å². The largest absolute Gasteiger partial charge is 0.378 e. The summed E-state index contributed by atoms with van der Waals surface area (Å²) < 4.78 is 27.8. The first-order chi connectivity index (χ1) is 8.56. The second-order valence-corrected chi connectivity index (χ2v) is 5.50. The van der Waals surface area contributed by atoms with Crippen molar-refractivity contribution in [2.45, 2.75) is 6.54 Å². The molecular weight excluding hydrogens is 368 g/mol. The van der Waals surface area contributed by atoms with Crippen molar-refractivity contribution in [2.24, 2.45) is 0 Å². The molecule has 5 heteroatoms. The highest BCUT2D eigenvalue weighted by molar-refractivity contribution is 9.10. The first kappa shape index (κ1) is 13.5. The Hall–Kier alpha value is -0.940. The molecule has 0 saturated carbocycles. The first-order valence-electron chi connectivity index (χ1n) is 5.19. The minimum absolute atomic E-state index is 0.261. The van der Waals surface area contributed by atoms with Crippen molar-refractivity contribution < 1.29 is 8.78 Å². The fourth-order valence-electron chi connectivity index (χ4n) is 1.55. The zero-order valence-corrected chi connectivity index (χ0v) is 12.4. The molecule has 1 N–H and O–H groups in total. The third kappa shape index (κ3) is 3.29. The maximum absolute atomic E-state index is 13.6. The van der Waals surface area contributed by atoms with E-state index >= 15 is 0 Å². The highest BCUT2D eigenvalue weighted by atomic mass is 79.9. The van der Waals surface area contributed by atoms with E-state index in [2.05, 4.69) is 37.2 Å². The molecule has 0 amide bonds. The molecule has 0 spiro atoms. The van der Waals surface area contributed by atoms with Gasteiger partial charge in [0.25, 0.3) is 0 Å². The van der Waals surface area contributed by atoms with E-state index in [0.717, 1.165) is 16.1 Å². The molecule has 2 aromatic carbocycles. The summed E-state index contributed by atoms with van der Waals surface area (Å²) in [6, 6.07) is 9.75. The Balaban J connectivity index is 2.16. The summed E-state index contributed by atoms with van der Waals surface area (Å²) in [5.41, 5.74) is 1.26. The van der Waals surface area contributed by atoms with Crippen LogP contribution in [0.15, 0.2) is 45.3 Å². The molecule has 0 radical (unpaired) electrons. The number of halogens is 4. The lowest BCUT2D eigenvalue weighted by atomic mass is 10.2. The van der Waals surface area contributed by atoms with E-state index in [-0.39, 0.29) is 5.69 Å². The average Bonchev–Trinajstić information content (AvgIpc) is 2.27. The summed E-state index contributed by atoms with van der Waals surface area (Å²) in [6.07, 6.45) is 0. The van der Waals surface area contributed by atoms with Crippen molar-refractivity contribution in [2.75, 3.05) is 5.32 Å². The Bertz CT molecular complexity index is 550. The Morgan fingerprint density at radius 3 is 2.50 bits per heavy atom. The van der Waals surface area contributed by atoms with E-state index in [1.54, 1.807) is 0 Å². The molecule has 0 fully saturated rings. The lowest BCUT2D eigenvalue weighted by Crippen LogP contribution is -2.02. The van der Waals surface area contributed by atoms with Gasteiger partial charge in [0.05, 0.1) is 5.69 Å². The van der Waals surface area contributed by atoms with Crippen LogP contribution in [0.2, 0.25) is 0 Å². The van der Waals surface area contributed by atoms with Crippen LogP contribution in [0.3, 0.4) is 0 Å². The molecule has 2 aromatic rings. The van der Waals surface area contributed by atoms with Gasteiger partial charge in [-0.25, -0.2) is 8.78 Å². The van der Waals surface area contributed by atoms with E-state index in [9.17, 15) is 8.78 Å². The number of hydrogen-bond donors (Lipinski definition) is 1. The maximum Gasteiger partial charge on any atom is 0.150 e.